The van der Waals surface area contributed by atoms with Crippen LogP contribution in [0.4, 0.5) is 0 Å². The van der Waals surface area contributed by atoms with Crippen molar-refractivity contribution in [2.24, 2.45) is 0 Å². The lowest BCUT2D eigenvalue weighted by atomic mass is 10.1. The minimum Gasteiger partial charge on any atom is -0.313 e. The number of nitrogens with one attached hydrogen (secondary N) is 2. The minimum absolute atomic E-state index is 0. The normalized spacial score (nSPS) is 18.3. The Kier molecular flexibility index (Phi) is 5.74. The van der Waals surface area contributed by atoms with E-state index in [0.29, 0.717) is 6.54 Å². The number of hydrogen-bond acceptors (Lipinski definition) is 4. The molecule has 0 spiro atoms. The van der Waals surface area contributed by atoms with Gasteiger partial charge in [0, 0.05) is 24.2 Å². The Morgan fingerprint density at radius 2 is 2.09 bits per heavy atom. The lowest BCUT2D eigenvalue weighted by Crippen LogP contribution is -2.37. The highest BCUT2D eigenvalue weighted by Crippen LogP contribution is 2.18. The Hall–Kier alpha value is -1.21. The van der Waals surface area contributed by atoms with Gasteiger partial charge in [-0.2, -0.15) is 0 Å². The average Bonchev–Trinajstić information content (AvgIpc) is 2.99. The number of pyridine rings is 1. The van der Waals surface area contributed by atoms with E-state index in [1.807, 2.05) is 30.3 Å². The van der Waals surface area contributed by atoms with Gasteiger partial charge in [-0.25, -0.2) is 13.1 Å². The van der Waals surface area contributed by atoms with E-state index < -0.39 is 10.0 Å². The maximum atomic E-state index is 12.2. The van der Waals surface area contributed by atoms with Crippen LogP contribution < -0.4 is 10.0 Å². The fourth-order valence-corrected chi connectivity index (χ4v) is 3.90. The summed E-state index contributed by atoms with van der Waals surface area (Å²) >= 11 is 0. The van der Waals surface area contributed by atoms with Crippen LogP contribution in [0, 0.1) is 0 Å². The van der Waals surface area contributed by atoms with E-state index in [2.05, 4.69) is 15.0 Å². The second kappa shape index (κ2) is 7.37. The molecule has 0 aliphatic carbocycles. The van der Waals surface area contributed by atoms with Gasteiger partial charge in [0.15, 0.2) is 0 Å². The summed E-state index contributed by atoms with van der Waals surface area (Å²) in [5, 5.41) is 4.24. The van der Waals surface area contributed by atoms with E-state index in [4.69, 9.17) is 0 Å². The Morgan fingerprint density at radius 3 is 2.86 bits per heavy atom. The first-order valence-electron chi connectivity index (χ1n) is 7.17. The van der Waals surface area contributed by atoms with Crippen LogP contribution in [0.15, 0.2) is 36.5 Å². The molecule has 1 saturated heterocycles. The van der Waals surface area contributed by atoms with Crippen LogP contribution in [0.3, 0.4) is 0 Å². The summed E-state index contributed by atoms with van der Waals surface area (Å²) in [5.41, 5.74) is 1.49. The van der Waals surface area contributed by atoms with E-state index in [1.165, 1.54) is 0 Å². The Labute approximate surface area is 137 Å². The van der Waals surface area contributed by atoms with E-state index >= 15 is 0 Å². The average molecular weight is 342 g/mol. The molecule has 5 nitrogen and oxygen atoms in total. The van der Waals surface area contributed by atoms with E-state index in [0.717, 1.165) is 35.9 Å². The Morgan fingerprint density at radius 1 is 1.27 bits per heavy atom. The molecular weight excluding hydrogens is 322 g/mol. The number of rotatable bonds is 5. The second-order valence-electron chi connectivity index (χ2n) is 5.39. The fourth-order valence-electron chi connectivity index (χ4n) is 2.70. The zero-order chi connectivity index (χ0) is 14.7. The Balaban J connectivity index is 0.00000176. The monoisotopic (exact) mass is 341 g/mol. The van der Waals surface area contributed by atoms with Gasteiger partial charge in [-0.1, -0.05) is 24.3 Å². The van der Waals surface area contributed by atoms with Crippen molar-refractivity contribution >= 4 is 33.3 Å². The van der Waals surface area contributed by atoms with Crippen LogP contribution in [-0.2, 0) is 15.8 Å². The summed E-state index contributed by atoms with van der Waals surface area (Å²) in [6, 6.07) is 9.67. The number of hydrogen-bond donors (Lipinski definition) is 2. The third-order valence-electron chi connectivity index (χ3n) is 3.77. The van der Waals surface area contributed by atoms with Crippen molar-refractivity contribution < 1.29 is 8.42 Å². The highest BCUT2D eigenvalue weighted by atomic mass is 35.5. The molecule has 2 N–H and O–H groups in total. The molecule has 1 aromatic carbocycles. The number of sulfonamides is 1. The summed E-state index contributed by atoms with van der Waals surface area (Å²) in [7, 11) is -3.34. The third-order valence-corrected chi connectivity index (χ3v) is 5.07. The molecule has 2 aromatic rings. The van der Waals surface area contributed by atoms with Crippen molar-refractivity contribution in [3.8, 4) is 0 Å². The van der Waals surface area contributed by atoms with Crippen molar-refractivity contribution in [2.75, 3.05) is 13.1 Å². The van der Waals surface area contributed by atoms with Crippen molar-refractivity contribution in [1.29, 1.82) is 0 Å². The highest BCUT2D eigenvalue weighted by molar-refractivity contribution is 7.88. The first kappa shape index (κ1) is 17.1. The van der Waals surface area contributed by atoms with Crippen LogP contribution in [0.1, 0.15) is 18.4 Å². The summed E-state index contributed by atoms with van der Waals surface area (Å²) < 4.78 is 27.2. The number of benzene rings is 1. The summed E-state index contributed by atoms with van der Waals surface area (Å²) in [4.78, 5) is 4.30. The number of halogens is 1. The molecule has 1 unspecified atom stereocenters. The fraction of sp³-hybridized carbons (Fsp3) is 0.400. The topological polar surface area (TPSA) is 71.1 Å². The minimum atomic E-state index is -3.34. The smallest absolute Gasteiger partial charge is 0.215 e. The SMILES string of the molecule is Cl.O=S(=O)(Cc1cccc2cccnc12)NCC1CCCN1. The zero-order valence-electron chi connectivity index (χ0n) is 12.2. The first-order valence-corrected chi connectivity index (χ1v) is 8.83. The molecule has 120 valence electrons. The van der Waals surface area contributed by atoms with Crippen molar-refractivity contribution in [2.45, 2.75) is 24.6 Å². The van der Waals surface area contributed by atoms with Crippen LogP contribution in [-0.4, -0.2) is 32.5 Å². The van der Waals surface area contributed by atoms with Crippen LogP contribution in [0.25, 0.3) is 10.9 Å². The molecule has 1 aliphatic heterocycles. The first-order chi connectivity index (χ1) is 10.1. The van der Waals surface area contributed by atoms with Gasteiger partial charge in [0.25, 0.3) is 0 Å². The number of aromatic nitrogens is 1. The number of para-hydroxylation sites is 1. The maximum absolute atomic E-state index is 12.2. The molecule has 1 aromatic heterocycles. The third kappa shape index (κ3) is 4.16. The predicted molar refractivity (Wildman–Crippen MR) is 90.6 cm³/mol. The van der Waals surface area contributed by atoms with Crippen LogP contribution in [0.5, 0.6) is 0 Å². The predicted octanol–water partition coefficient (Wildman–Crippen LogP) is 1.83. The van der Waals surface area contributed by atoms with Crippen molar-refractivity contribution in [3.63, 3.8) is 0 Å². The van der Waals surface area contributed by atoms with E-state index in [-0.39, 0.29) is 24.2 Å². The van der Waals surface area contributed by atoms with Gasteiger partial charge in [0.2, 0.25) is 10.0 Å². The second-order valence-corrected chi connectivity index (χ2v) is 7.20. The van der Waals surface area contributed by atoms with Crippen molar-refractivity contribution in [3.05, 3.63) is 42.1 Å². The molecule has 0 radical (unpaired) electrons. The largest absolute Gasteiger partial charge is 0.313 e. The molecule has 0 bridgehead atoms. The van der Waals surface area contributed by atoms with Gasteiger partial charge >= 0.3 is 0 Å². The molecule has 22 heavy (non-hydrogen) atoms. The van der Waals surface area contributed by atoms with Gasteiger partial charge in [-0.15, -0.1) is 12.4 Å². The summed E-state index contributed by atoms with van der Waals surface area (Å²) in [6.45, 7) is 1.43. The van der Waals surface area contributed by atoms with Crippen LogP contribution in [0.2, 0.25) is 0 Å². The standard InChI is InChI=1S/C15H19N3O2S.ClH/c19-21(20,18-10-14-7-3-8-16-14)11-13-5-1-4-12-6-2-9-17-15(12)13;/h1-2,4-6,9,14,16,18H,3,7-8,10-11H2;1H. The molecule has 1 atom stereocenters. The summed E-state index contributed by atoms with van der Waals surface area (Å²) in [6.07, 6.45) is 3.83. The lowest BCUT2D eigenvalue weighted by molar-refractivity contribution is 0.551. The summed E-state index contributed by atoms with van der Waals surface area (Å²) in [5.74, 6) is -0.0337. The van der Waals surface area contributed by atoms with Crippen LogP contribution >= 0.6 is 12.4 Å². The van der Waals surface area contributed by atoms with E-state index in [1.54, 1.807) is 6.20 Å². The molecule has 1 aliphatic rings. The van der Waals surface area contributed by atoms with Gasteiger partial charge in [0.05, 0.1) is 11.3 Å². The highest BCUT2D eigenvalue weighted by Gasteiger charge is 2.18. The van der Waals surface area contributed by atoms with Gasteiger partial charge in [-0.3, -0.25) is 4.98 Å². The molecule has 0 amide bonds. The quantitative estimate of drug-likeness (QED) is 0.870. The zero-order valence-corrected chi connectivity index (χ0v) is 13.8. The van der Waals surface area contributed by atoms with Gasteiger partial charge in [-0.05, 0) is 31.0 Å². The lowest BCUT2D eigenvalue weighted by Gasteiger charge is -2.12. The van der Waals surface area contributed by atoms with Gasteiger partial charge < -0.3 is 5.32 Å². The van der Waals surface area contributed by atoms with E-state index in [9.17, 15) is 8.42 Å². The molecular formula is C15H20ClN3O2S. The van der Waals surface area contributed by atoms with Gasteiger partial charge in [0.1, 0.15) is 0 Å². The molecule has 2 heterocycles. The molecule has 3 rings (SSSR count). The Bertz CT molecular complexity index is 725. The number of nitrogens with zero attached hydrogens (tertiary/aromatic N) is 1. The molecule has 0 saturated carbocycles. The molecule has 7 heteroatoms. The number of fused-ring (bicyclic) bond motifs is 1. The molecule has 1 fully saturated rings. The van der Waals surface area contributed by atoms with Crippen molar-refractivity contribution in [1.82, 2.24) is 15.0 Å². The maximum Gasteiger partial charge on any atom is 0.215 e.